The smallest absolute Gasteiger partial charge is 0.263 e. The number of fused-ring (bicyclic) bond motifs is 10. The summed E-state index contributed by atoms with van der Waals surface area (Å²) >= 11 is 30.3. The minimum atomic E-state index is -1.23. The van der Waals surface area contributed by atoms with Crippen LogP contribution in [-0.2, 0) is 45.8 Å². The van der Waals surface area contributed by atoms with Gasteiger partial charge in [0.1, 0.15) is 0 Å². The van der Waals surface area contributed by atoms with Gasteiger partial charge < -0.3 is 38.6 Å². The molecular weight excluding hydrogens is 1300 g/mol. The van der Waals surface area contributed by atoms with Crippen molar-refractivity contribution in [2.45, 2.75) is 17.4 Å². The molecule has 12 rings (SSSR count). The molecule has 61 heavy (non-hydrogen) atoms. The molecule has 3 saturated heterocycles. The number of thiophene rings is 6. The van der Waals surface area contributed by atoms with Gasteiger partial charge in [-0.2, -0.15) is 0 Å². The zero-order valence-electron chi connectivity index (χ0n) is 30.4. The van der Waals surface area contributed by atoms with Crippen LogP contribution >= 0.6 is 164 Å². The maximum absolute atomic E-state index is 12.8. The molecule has 0 aromatic carbocycles. The number of carbonyl (C=O) groups is 3. The number of aliphatic hydroxyl groups is 2. The Kier molecular flexibility index (Phi) is 13.6. The van der Waals surface area contributed by atoms with Crippen LogP contribution in [0, 0.1) is 0 Å². The Balaban J connectivity index is 0.000000113. The average molecular weight is 1330 g/mol. The Bertz CT molecular complexity index is 2590. The monoisotopic (exact) mass is 1320 g/mol. The lowest BCUT2D eigenvalue weighted by atomic mass is 9.83. The Morgan fingerprint density at radius 2 is 0.721 bits per heavy atom. The maximum atomic E-state index is 12.8. The number of ether oxygens (including phenoxy) is 6. The van der Waals surface area contributed by atoms with E-state index in [0.29, 0.717) is 56.3 Å². The molecule has 2 N–H and O–H groups in total. The van der Waals surface area contributed by atoms with Gasteiger partial charge in [-0.05, 0) is 132 Å². The van der Waals surface area contributed by atoms with Crippen molar-refractivity contribution >= 4 is 181 Å². The van der Waals surface area contributed by atoms with Crippen molar-refractivity contribution in [2.24, 2.45) is 0 Å². The minimum Gasteiger partial charge on any atom is -0.394 e. The summed E-state index contributed by atoms with van der Waals surface area (Å²) in [5, 5.41) is 15.2. The van der Waals surface area contributed by atoms with E-state index in [2.05, 4.69) is 108 Å². The number of rotatable bonds is 1. The van der Waals surface area contributed by atoms with Gasteiger partial charge in [-0.25, -0.2) is 0 Å². The summed E-state index contributed by atoms with van der Waals surface area (Å²) in [5.41, 5.74) is 4.53. The van der Waals surface area contributed by atoms with Crippen molar-refractivity contribution in [1.82, 2.24) is 0 Å². The number of Topliss-reactive ketones (excluding diaryl/α,β-unsaturated/α-hetero) is 3. The molecule has 6 aromatic rings. The third kappa shape index (κ3) is 7.72. The van der Waals surface area contributed by atoms with Gasteiger partial charge in [0, 0.05) is 33.4 Å². The third-order valence-corrected chi connectivity index (χ3v) is 20.1. The quantitative estimate of drug-likeness (QED) is 0.152. The first-order valence-electron chi connectivity index (χ1n) is 17.7. The summed E-state index contributed by atoms with van der Waals surface area (Å²) in [7, 11) is 0. The van der Waals surface area contributed by atoms with Gasteiger partial charge in [0.25, 0.3) is 17.4 Å². The van der Waals surface area contributed by atoms with Crippen molar-refractivity contribution in [3.63, 3.8) is 0 Å². The summed E-state index contributed by atoms with van der Waals surface area (Å²) in [6.45, 7) is 2.58. The fraction of sp³-hybridized carbons (Fsp3) is 0.289. The molecule has 3 aliphatic heterocycles. The molecule has 0 amide bonds. The van der Waals surface area contributed by atoms with E-state index in [4.69, 9.17) is 38.6 Å². The molecule has 0 radical (unpaired) electrons. The van der Waals surface area contributed by atoms with Crippen molar-refractivity contribution in [3.8, 4) is 29.3 Å². The zero-order chi connectivity index (χ0) is 43.0. The van der Waals surface area contributed by atoms with E-state index in [1.807, 2.05) is 12.1 Å². The lowest BCUT2D eigenvalue weighted by molar-refractivity contribution is -0.483. The molecule has 9 heterocycles. The van der Waals surface area contributed by atoms with Crippen molar-refractivity contribution < 1.29 is 53.0 Å². The lowest BCUT2D eigenvalue weighted by Crippen LogP contribution is -2.63. The fourth-order valence-electron chi connectivity index (χ4n) is 7.53. The second kappa shape index (κ2) is 18.1. The number of aliphatic hydroxyl groups excluding tert-OH is 2. The van der Waals surface area contributed by atoms with Gasteiger partial charge in [0.05, 0.1) is 105 Å². The van der Waals surface area contributed by atoms with Crippen LogP contribution in [0.5, 0.6) is 0 Å². The predicted molar refractivity (Wildman–Crippen MR) is 257 cm³/mol. The molecular formula is C38H24Br6O11S6. The van der Waals surface area contributed by atoms with Crippen molar-refractivity contribution in [1.29, 1.82) is 0 Å². The van der Waals surface area contributed by atoms with Crippen molar-refractivity contribution in [2.75, 3.05) is 52.9 Å². The number of ketones is 3. The molecule has 3 fully saturated rings. The highest BCUT2D eigenvalue weighted by molar-refractivity contribution is 9.12. The second-order valence-electron chi connectivity index (χ2n) is 13.1. The summed E-state index contributed by atoms with van der Waals surface area (Å²) in [5.74, 6) is -4.18. The molecule has 6 aromatic heterocycles. The maximum Gasteiger partial charge on any atom is 0.263 e. The number of hydrogen-bond acceptors (Lipinski definition) is 17. The van der Waals surface area contributed by atoms with Gasteiger partial charge in [-0.3, -0.25) is 14.4 Å². The molecule has 11 nitrogen and oxygen atoms in total. The van der Waals surface area contributed by atoms with Gasteiger partial charge in [-0.1, -0.05) is 0 Å². The molecule has 0 saturated carbocycles. The lowest BCUT2D eigenvalue weighted by Gasteiger charge is -2.55. The Morgan fingerprint density at radius 1 is 0.426 bits per heavy atom. The molecule has 23 heteroatoms. The molecule has 6 aliphatic rings. The number of carbonyl (C=O) groups excluding carboxylic acids is 3. The largest absolute Gasteiger partial charge is 0.394 e. The van der Waals surface area contributed by atoms with Crippen LogP contribution in [0.15, 0.2) is 59.1 Å². The van der Waals surface area contributed by atoms with Crippen LogP contribution in [0.4, 0.5) is 0 Å². The van der Waals surface area contributed by atoms with Crippen molar-refractivity contribution in [3.05, 3.63) is 92.5 Å². The summed E-state index contributed by atoms with van der Waals surface area (Å²) in [4.78, 5) is 42.5. The van der Waals surface area contributed by atoms with E-state index >= 15 is 0 Å². The van der Waals surface area contributed by atoms with E-state index in [1.54, 1.807) is 57.5 Å². The molecule has 1 spiro atoms. The van der Waals surface area contributed by atoms with E-state index in [9.17, 15) is 14.4 Å². The first-order valence-corrected chi connectivity index (χ1v) is 27.4. The van der Waals surface area contributed by atoms with E-state index in [0.717, 1.165) is 68.7 Å². The number of hydrogen-bond donors (Lipinski definition) is 2. The summed E-state index contributed by atoms with van der Waals surface area (Å²) < 4.78 is 41.8. The Labute approximate surface area is 421 Å². The standard InChI is InChI=1S/C14H10Br2O4S2.C12H6Br2O3S2.C10H2Br2O2S2.C2H6O2/c15-9-5-7-11(21-9)12-8(6-10(16)22-12)14-13(7,17-1-2-18-14)19-3-4-20-14;13-7-3-5-9(18-7)10-6(4-8(14)19-10)12(11(5)15)16-1-2-17-12;11-5-1-3-7(13)8(14)4-2-6(12)16-10(4)9(3)15-5;3-1-2-4/h5-6H,1-4H2;3-4H,1-2H2;1-2H;3-4H,1-2H2. The first-order chi connectivity index (χ1) is 29.3. The molecule has 320 valence electrons. The predicted octanol–water partition coefficient (Wildman–Crippen LogP) is 12.2. The van der Waals surface area contributed by atoms with Crippen LogP contribution < -0.4 is 0 Å². The minimum absolute atomic E-state index is 0.0975. The van der Waals surface area contributed by atoms with E-state index in [1.165, 1.54) is 22.7 Å². The van der Waals surface area contributed by atoms with Crippen LogP contribution in [0.3, 0.4) is 0 Å². The number of halogens is 6. The van der Waals surface area contributed by atoms with Crippen LogP contribution in [-0.4, -0.2) is 80.4 Å². The van der Waals surface area contributed by atoms with E-state index < -0.39 is 28.9 Å². The van der Waals surface area contributed by atoms with Gasteiger partial charge in [-0.15, -0.1) is 68.0 Å². The Hall–Kier alpha value is -0.230. The normalized spacial score (nSPS) is 22.1. The van der Waals surface area contributed by atoms with Crippen LogP contribution in [0.25, 0.3) is 29.3 Å². The second-order valence-corrected chi connectivity index (χ2v) is 27.7. The van der Waals surface area contributed by atoms with Gasteiger partial charge in [0.15, 0.2) is 0 Å². The highest BCUT2D eigenvalue weighted by Gasteiger charge is 2.67. The topological polar surface area (TPSA) is 147 Å². The summed E-state index contributed by atoms with van der Waals surface area (Å²) in [6, 6.07) is 11.3. The average Bonchev–Trinajstić information content (AvgIpc) is 4.11. The van der Waals surface area contributed by atoms with Gasteiger partial charge in [0.2, 0.25) is 17.3 Å². The molecule has 3 aliphatic carbocycles. The molecule has 0 atom stereocenters. The fourth-order valence-corrected chi connectivity index (χ4v) is 17.7. The SMILES string of the molecule is Brc1cc2c(s1)-c1sc(Br)cc1C13OCCOC21OCCO3.O=C1C(=O)c2cc(Br)sc2-c2sc(Br)cc21.O=C1c2cc(Br)sc2-c2sc(Br)cc2C12OCCO2.OCCO. The third-order valence-electron chi connectivity index (χ3n) is 9.75. The Morgan fingerprint density at radius 3 is 1.11 bits per heavy atom. The van der Waals surface area contributed by atoms with Crippen LogP contribution in [0.1, 0.15) is 47.8 Å². The highest BCUT2D eigenvalue weighted by Crippen LogP contribution is 2.63. The van der Waals surface area contributed by atoms with E-state index in [-0.39, 0.29) is 19.0 Å². The molecule has 0 unspecified atom stereocenters. The highest BCUT2D eigenvalue weighted by atomic mass is 79.9. The molecule has 0 bridgehead atoms. The van der Waals surface area contributed by atoms with Gasteiger partial charge >= 0.3 is 0 Å². The zero-order valence-corrected chi connectivity index (χ0v) is 44.8. The first kappa shape index (κ1) is 45.9. The van der Waals surface area contributed by atoms with Crippen LogP contribution in [0.2, 0.25) is 0 Å². The summed E-state index contributed by atoms with van der Waals surface area (Å²) in [6.07, 6.45) is 0.